The van der Waals surface area contributed by atoms with Crippen LogP contribution in [0, 0.1) is 53.3 Å². The summed E-state index contributed by atoms with van der Waals surface area (Å²) in [6, 6.07) is 14.0. The van der Waals surface area contributed by atoms with E-state index in [1.807, 2.05) is 36.4 Å². The quantitative estimate of drug-likeness (QED) is 0.248. The van der Waals surface area contributed by atoms with Crippen molar-refractivity contribution in [1.29, 1.82) is 0 Å². The average molecular weight is 678 g/mol. The molecule has 0 saturated carbocycles. The summed E-state index contributed by atoms with van der Waals surface area (Å²) in [6.45, 7) is 60.4. The topological polar surface area (TPSA) is 3.24 Å². The van der Waals surface area contributed by atoms with E-state index in [-0.39, 0.29) is 0 Å². The van der Waals surface area contributed by atoms with Gasteiger partial charge in [0.2, 0.25) is 0 Å². The summed E-state index contributed by atoms with van der Waals surface area (Å²) in [5, 5.41) is 0. The zero-order valence-electron chi connectivity index (χ0n) is 38.8. The highest BCUT2D eigenvalue weighted by Crippen LogP contribution is 2.27. The smallest absolute Gasteiger partial charge is 0.00439 e. The Hall–Kier alpha value is -1.08. The molecule has 0 fully saturated rings. The van der Waals surface area contributed by atoms with Crippen LogP contribution in [0.3, 0.4) is 0 Å². The van der Waals surface area contributed by atoms with Gasteiger partial charge in [-0.3, -0.25) is 4.90 Å². The van der Waals surface area contributed by atoms with Gasteiger partial charge in [0.1, 0.15) is 0 Å². The molecule has 0 heterocycles. The van der Waals surface area contributed by atoms with Crippen molar-refractivity contribution in [2.45, 2.75) is 205 Å². The van der Waals surface area contributed by atoms with E-state index in [9.17, 15) is 0 Å². The van der Waals surface area contributed by atoms with Crippen molar-refractivity contribution >= 4 is 0 Å². The van der Waals surface area contributed by atoms with Crippen molar-refractivity contribution < 1.29 is 0 Å². The van der Waals surface area contributed by atoms with Crippen molar-refractivity contribution in [1.82, 2.24) is 4.90 Å². The molecule has 0 saturated heterocycles. The lowest BCUT2D eigenvalue weighted by Crippen LogP contribution is -2.42. The fourth-order valence-corrected chi connectivity index (χ4v) is 6.30. The third-order valence-corrected chi connectivity index (χ3v) is 6.59. The van der Waals surface area contributed by atoms with Crippen LogP contribution in [0.15, 0.2) is 47.5 Å². The summed E-state index contributed by atoms with van der Waals surface area (Å²) in [6.07, 6.45) is 0. The number of benzene rings is 1. The van der Waals surface area contributed by atoms with Gasteiger partial charge in [0.15, 0.2) is 0 Å². The zero-order valence-corrected chi connectivity index (χ0v) is 38.8. The van der Waals surface area contributed by atoms with E-state index in [0.29, 0.717) is 30.0 Å². The van der Waals surface area contributed by atoms with Crippen molar-refractivity contribution in [2.24, 2.45) is 53.3 Å². The highest BCUT2D eigenvalue weighted by atomic mass is 15.2. The summed E-state index contributed by atoms with van der Waals surface area (Å²) in [7, 11) is 0. The average Bonchev–Trinajstić information content (AvgIpc) is 2.83. The Labute approximate surface area is 309 Å². The Morgan fingerprint density at radius 3 is 0.521 bits per heavy atom. The van der Waals surface area contributed by atoms with E-state index >= 15 is 0 Å². The monoisotopic (exact) mass is 678 g/mol. The number of nitrogens with zero attached hydrogens (tertiary/aromatic N) is 1. The molecule has 0 aliphatic heterocycles. The molecule has 0 aromatic heterocycles. The number of hydrogen-bond donors (Lipinski definition) is 0. The second kappa shape index (κ2) is 37.2. The molecule has 1 aromatic rings. The molecule has 0 spiro atoms. The highest BCUT2D eigenvalue weighted by Gasteiger charge is 2.20. The molecule has 0 atom stereocenters. The van der Waals surface area contributed by atoms with Gasteiger partial charge in [-0.2, -0.15) is 0 Å². The number of allylic oxidation sites excluding steroid dienone is 2. The molecule has 0 aliphatic carbocycles. The minimum Gasteiger partial charge on any atom is -0.296 e. The minimum atomic E-state index is 0.667. The van der Waals surface area contributed by atoms with E-state index in [1.54, 1.807) is 5.57 Å². The fourth-order valence-electron chi connectivity index (χ4n) is 6.30. The summed E-state index contributed by atoms with van der Waals surface area (Å²) in [5.74, 6) is 7.31. The maximum absolute atomic E-state index is 2.50. The first-order valence-corrected chi connectivity index (χ1v) is 20.0. The van der Waals surface area contributed by atoms with Gasteiger partial charge in [0.25, 0.3) is 0 Å². The van der Waals surface area contributed by atoms with E-state index in [1.165, 1.54) is 5.57 Å². The highest BCUT2D eigenvalue weighted by molar-refractivity contribution is 5.13. The van der Waals surface area contributed by atoms with Crippen molar-refractivity contribution in [2.75, 3.05) is 0 Å². The second-order valence-corrected chi connectivity index (χ2v) is 18.2. The van der Waals surface area contributed by atoms with Crippen LogP contribution in [0.5, 0.6) is 0 Å². The first-order chi connectivity index (χ1) is 21.6. The second-order valence-electron chi connectivity index (χ2n) is 18.2. The predicted molar refractivity (Wildman–Crippen MR) is 231 cm³/mol. The number of hydrogen-bond acceptors (Lipinski definition) is 1. The van der Waals surface area contributed by atoms with Gasteiger partial charge in [-0.25, -0.2) is 0 Å². The Morgan fingerprint density at radius 1 is 0.333 bits per heavy atom. The molecule has 48 heavy (non-hydrogen) atoms. The molecule has 0 N–H and O–H groups in total. The minimum absolute atomic E-state index is 0.667. The first-order valence-electron chi connectivity index (χ1n) is 20.0. The zero-order chi connectivity index (χ0) is 39.9. The van der Waals surface area contributed by atoms with E-state index in [0.717, 1.165) is 41.4 Å². The van der Waals surface area contributed by atoms with Crippen molar-refractivity contribution in [3.8, 4) is 0 Å². The Kier molecular flexibility index (Phi) is 45.8. The molecule has 1 rings (SSSR count). The maximum Gasteiger partial charge on any atom is 0.00439 e. The summed E-state index contributed by atoms with van der Waals surface area (Å²) in [5.41, 5.74) is 3.10. The molecular formula is C47H99N. The lowest BCUT2D eigenvalue weighted by molar-refractivity contribution is 0.133. The van der Waals surface area contributed by atoms with Gasteiger partial charge >= 0.3 is 0 Å². The van der Waals surface area contributed by atoms with E-state index in [2.05, 4.69) is 192 Å². The molecule has 0 bridgehead atoms. The van der Waals surface area contributed by atoms with Gasteiger partial charge in [-0.15, -0.1) is 0 Å². The summed E-state index contributed by atoms with van der Waals surface area (Å²) in [4.78, 5) is 2.50. The molecule has 0 amide bonds. The van der Waals surface area contributed by atoms with Crippen LogP contribution in [-0.2, 0) is 0 Å². The van der Waals surface area contributed by atoms with Gasteiger partial charge < -0.3 is 0 Å². The molecule has 0 unspecified atom stereocenters. The van der Waals surface area contributed by atoms with Crippen LogP contribution in [0.1, 0.15) is 187 Å². The SMILES string of the molecule is CC(C)=C(C(C)C)C(C)C.CC(C)C.CC(C)C.CC(C)C.CC(C)C(C(C)C)C(C)C.CC(C)N(C(C)C)C(C)C.c1ccccc1. The summed E-state index contributed by atoms with van der Waals surface area (Å²) >= 11 is 0. The molecule has 0 radical (unpaired) electrons. The normalized spacial score (nSPS) is 10.8. The van der Waals surface area contributed by atoms with Crippen LogP contribution >= 0.6 is 0 Å². The van der Waals surface area contributed by atoms with Crippen LogP contribution in [-0.4, -0.2) is 23.0 Å². The van der Waals surface area contributed by atoms with Crippen LogP contribution < -0.4 is 0 Å². The standard InChI is InChI=1S/C10H22.C10H20.C9H21N.C6H6.3C4H10/c3*1-7(2)10(8(3)4)9(5)6;1-2-4-6-5-3-1;3*1-4(2)3/h7-10H,1-6H3;7-8H,1-6H3;7-9H,1-6H3;1-6H;3*4H,1-3H3. The van der Waals surface area contributed by atoms with Gasteiger partial charge in [-0.05, 0) is 109 Å². The number of rotatable bonds is 8. The molecule has 0 aliphatic rings. The van der Waals surface area contributed by atoms with E-state index in [4.69, 9.17) is 0 Å². The molecule has 1 nitrogen and oxygen atoms in total. The van der Waals surface area contributed by atoms with Gasteiger partial charge in [-0.1, -0.05) is 179 Å². The molecular weight excluding hydrogens is 579 g/mol. The van der Waals surface area contributed by atoms with Gasteiger partial charge in [0.05, 0.1) is 0 Å². The lowest BCUT2D eigenvalue weighted by atomic mass is 9.78. The Morgan fingerprint density at radius 2 is 0.500 bits per heavy atom. The Bertz CT molecular complexity index is 619. The van der Waals surface area contributed by atoms with Gasteiger partial charge in [0, 0.05) is 18.1 Å². The van der Waals surface area contributed by atoms with Crippen molar-refractivity contribution in [3.05, 3.63) is 47.5 Å². The largest absolute Gasteiger partial charge is 0.296 e. The summed E-state index contributed by atoms with van der Waals surface area (Å²) < 4.78 is 0. The van der Waals surface area contributed by atoms with Crippen LogP contribution in [0.2, 0.25) is 0 Å². The van der Waals surface area contributed by atoms with Crippen LogP contribution in [0.25, 0.3) is 0 Å². The molecule has 292 valence electrons. The lowest BCUT2D eigenvalue weighted by Gasteiger charge is -2.34. The predicted octanol–water partition coefficient (Wildman–Crippen LogP) is 16.4. The van der Waals surface area contributed by atoms with Crippen LogP contribution in [0.4, 0.5) is 0 Å². The first kappa shape index (κ1) is 59.1. The van der Waals surface area contributed by atoms with E-state index < -0.39 is 0 Å². The molecule has 1 heteroatoms. The Balaban J connectivity index is -0.000000111. The van der Waals surface area contributed by atoms with Crippen molar-refractivity contribution in [3.63, 3.8) is 0 Å². The third-order valence-electron chi connectivity index (χ3n) is 6.59. The fraction of sp³-hybridized carbons (Fsp3) is 0.830. The third kappa shape index (κ3) is 51.7. The maximum atomic E-state index is 2.50. The molecule has 1 aromatic carbocycles.